The van der Waals surface area contributed by atoms with E-state index in [4.69, 9.17) is 4.74 Å². The van der Waals surface area contributed by atoms with Gasteiger partial charge in [-0.05, 0) is 56.9 Å². The lowest BCUT2D eigenvalue weighted by Gasteiger charge is -2.36. The molecule has 4 rings (SSSR count). The average Bonchev–Trinajstić information content (AvgIpc) is 2.79. The number of nitrogens with zero attached hydrogens (tertiary/aromatic N) is 5. The number of carbonyl (C=O) groups excluding carboxylic acids is 1. The van der Waals surface area contributed by atoms with Crippen molar-refractivity contribution in [1.29, 1.82) is 0 Å². The van der Waals surface area contributed by atoms with E-state index in [0.29, 0.717) is 19.1 Å². The number of amides is 1. The van der Waals surface area contributed by atoms with Gasteiger partial charge < -0.3 is 19.4 Å². The highest BCUT2D eigenvalue weighted by Gasteiger charge is 2.24. The number of aromatic nitrogens is 2. The minimum Gasteiger partial charge on any atom is -0.484 e. The maximum atomic E-state index is 12.5. The van der Waals surface area contributed by atoms with Crippen molar-refractivity contribution in [2.75, 3.05) is 49.1 Å². The first kappa shape index (κ1) is 20.4. The molecule has 2 aliphatic rings. The molecule has 0 aliphatic carbocycles. The molecule has 7 nitrogen and oxygen atoms in total. The number of anilines is 2. The van der Waals surface area contributed by atoms with Gasteiger partial charge in [0.05, 0.1) is 0 Å². The summed E-state index contributed by atoms with van der Waals surface area (Å²) in [5.74, 6) is 2.64. The van der Waals surface area contributed by atoms with Crippen LogP contribution >= 0.6 is 0 Å². The second-order valence-electron chi connectivity index (χ2n) is 8.21. The van der Waals surface area contributed by atoms with Crippen molar-refractivity contribution in [2.45, 2.75) is 39.2 Å². The minimum atomic E-state index is 0.0263. The number of para-hydroxylation sites is 1. The zero-order chi connectivity index (χ0) is 20.9. The lowest BCUT2D eigenvalue weighted by Crippen LogP contribution is -2.50. The largest absolute Gasteiger partial charge is 0.484 e. The summed E-state index contributed by atoms with van der Waals surface area (Å²) in [4.78, 5) is 18.9. The molecule has 30 heavy (non-hydrogen) atoms. The second kappa shape index (κ2) is 9.32. The molecule has 1 amide bonds. The summed E-state index contributed by atoms with van der Waals surface area (Å²) >= 11 is 0. The highest BCUT2D eigenvalue weighted by molar-refractivity contribution is 5.78. The van der Waals surface area contributed by atoms with Crippen molar-refractivity contribution in [3.8, 4) is 5.75 Å². The molecule has 2 aromatic rings. The summed E-state index contributed by atoms with van der Waals surface area (Å²) < 4.78 is 5.71. The van der Waals surface area contributed by atoms with Gasteiger partial charge in [-0.2, -0.15) is 0 Å². The van der Waals surface area contributed by atoms with Gasteiger partial charge in [0.25, 0.3) is 5.91 Å². The summed E-state index contributed by atoms with van der Waals surface area (Å²) in [7, 11) is 0. The van der Waals surface area contributed by atoms with Crippen LogP contribution < -0.4 is 14.5 Å². The lowest BCUT2D eigenvalue weighted by atomic mass is 10.0. The van der Waals surface area contributed by atoms with Gasteiger partial charge in [-0.1, -0.05) is 18.2 Å². The van der Waals surface area contributed by atoms with Crippen LogP contribution in [0.15, 0.2) is 36.4 Å². The van der Waals surface area contributed by atoms with Crippen LogP contribution in [-0.2, 0) is 4.79 Å². The summed E-state index contributed by atoms with van der Waals surface area (Å²) in [6.45, 7) is 8.22. The zero-order valence-electron chi connectivity index (χ0n) is 18.0. The molecule has 0 radical (unpaired) electrons. The van der Waals surface area contributed by atoms with Crippen LogP contribution in [0.5, 0.6) is 5.75 Å². The van der Waals surface area contributed by atoms with Crippen molar-refractivity contribution in [3.05, 3.63) is 42.0 Å². The second-order valence-corrected chi connectivity index (χ2v) is 8.21. The fourth-order valence-corrected chi connectivity index (χ4v) is 4.21. The van der Waals surface area contributed by atoms with E-state index in [-0.39, 0.29) is 12.5 Å². The molecule has 2 aliphatic heterocycles. The van der Waals surface area contributed by atoms with Crippen LogP contribution in [0.3, 0.4) is 0 Å². The molecule has 0 bridgehead atoms. The highest BCUT2D eigenvalue weighted by atomic mass is 16.5. The number of piperazine rings is 1. The number of carbonyl (C=O) groups is 1. The van der Waals surface area contributed by atoms with Crippen LogP contribution in [-0.4, -0.2) is 66.4 Å². The van der Waals surface area contributed by atoms with Gasteiger partial charge in [0, 0.05) is 38.8 Å². The Morgan fingerprint density at radius 1 is 1.00 bits per heavy atom. The molecule has 0 spiro atoms. The van der Waals surface area contributed by atoms with Gasteiger partial charge in [0.2, 0.25) is 0 Å². The molecule has 3 heterocycles. The van der Waals surface area contributed by atoms with E-state index in [0.717, 1.165) is 42.6 Å². The van der Waals surface area contributed by atoms with E-state index in [9.17, 15) is 4.79 Å². The maximum absolute atomic E-state index is 12.5. The number of rotatable bonds is 5. The molecule has 1 aromatic heterocycles. The Hall–Kier alpha value is -2.83. The summed E-state index contributed by atoms with van der Waals surface area (Å²) in [5, 5.41) is 8.96. The highest BCUT2D eigenvalue weighted by Crippen LogP contribution is 2.24. The molecule has 1 unspecified atom stereocenters. The maximum Gasteiger partial charge on any atom is 0.260 e. The standard InChI is InChI=1S/C23H31N5O2/c1-18-7-3-4-9-20(18)30-17-23(29)27-15-13-26(14-16-27)21-10-11-22(25-24-21)28-12-6-5-8-19(28)2/h3-4,7,9-11,19H,5-6,8,12-17H2,1-2H3. The summed E-state index contributed by atoms with van der Waals surface area (Å²) in [5.41, 5.74) is 1.04. The molecule has 0 saturated carbocycles. The third kappa shape index (κ3) is 4.66. The van der Waals surface area contributed by atoms with Gasteiger partial charge in [-0.15, -0.1) is 10.2 Å². The van der Waals surface area contributed by atoms with Crippen molar-refractivity contribution >= 4 is 17.5 Å². The van der Waals surface area contributed by atoms with Gasteiger partial charge >= 0.3 is 0 Å². The van der Waals surface area contributed by atoms with Crippen LogP contribution in [0.4, 0.5) is 11.6 Å². The van der Waals surface area contributed by atoms with E-state index in [1.807, 2.05) is 36.1 Å². The van der Waals surface area contributed by atoms with Crippen LogP contribution in [0.2, 0.25) is 0 Å². The Balaban J connectivity index is 1.28. The van der Waals surface area contributed by atoms with Gasteiger partial charge in [-0.3, -0.25) is 4.79 Å². The number of benzene rings is 1. The predicted octanol–water partition coefficient (Wildman–Crippen LogP) is 2.89. The lowest BCUT2D eigenvalue weighted by molar-refractivity contribution is -0.133. The van der Waals surface area contributed by atoms with E-state index in [1.165, 1.54) is 19.3 Å². The fourth-order valence-electron chi connectivity index (χ4n) is 4.21. The Morgan fingerprint density at radius 2 is 1.73 bits per heavy atom. The fraction of sp³-hybridized carbons (Fsp3) is 0.522. The molecule has 1 aromatic carbocycles. The van der Waals surface area contributed by atoms with E-state index in [1.54, 1.807) is 0 Å². The van der Waals surface area contributed by atoms with E-state index < -0.39 is 0 Å². The quantitative estimate of drug-likeness (QED) is 0.757. The number of piperidine rings is 1. The Morgan fingerprint density at radius 3 is 2.43 bits per heavy atom. The first-order valence-electron chi connectivity index (χ1n) is 10.9. The van der Waals surface area contributed by atoms with Crippen LogP contribution in [0, 0.1) is 6.92 Å². The van der Waals surface area contributed by atoms with Gasteiger partial charge in [-0.25, -0.2) is 0 Å². The molecular weight excluding hydrogens is 378 g/mol. The molecule has 2 saturated heterocycles. The molecular formula is C23H31N5O2. The summed E-state index contributed by atoms with van der Waals surface area (Å²) in [6.07, 6.45) is 3.73. The van der Waals surface area contributed by atoms with E-state index in [2.05, 4.69) is 39.1 Å². The molecule has 0 N–H and O–H groups in total. The number of hydrogen-bond donors (Lipinski definition) is 0. The number of aryl methyl sites for hydroxylation is 1. The molecule has 7 heteroatoms. The van der Waals surface area contributed by atoms with Crippen molar-refractivity contribution in [3.63, 3.8) is 0 Å². The van der Waals surface area contributed by atoms with Crippen LogP contribution in [0.25, 0.3) is 0 Å². The van der Waals surface area contributed by atoms with Crippen molar-refractivity contribution < 1.29 is 9.53 Å². The Kier molecular flexibility index (Phi) is 6.35. The SMILES string of the molecule is Cc1ccccc1OCC(=O)N1CCN(c2ccc(N3CCCCC3C)nn2)CC1. The first-order valence-corrected chi connectivity index (χ1v) is 10.9. The summed E-state index contributed by atoms with van der Waals surface area (Å²) in [6, 6.07) is 12.4. The molecule has 160 valence electrons. The molecule has 1 atom stereocenters. The van der Waals surface area contributed by atoms with Crippen LogP contribution in [0.1, 0.15) is 31.7 Å². The molecule has 2 fully saturated rings. The monoisotopic (exact) mass is 409 g/mol. The normalized spacial score (nSPS) is 19.7. The average molecular weight is 410 g/mol. The van der Waals surface area contributed by atoms with E-state index >= 15 is 0 Å². The topological polar surface area (TPSA) is 61.8 Å². The number of hydrogen-bond acceptors (Lipinski definition) is 6. The third-order valence-corrected chi connectivity index (χ3v) is 6.13. The zero-order valence-corrected chi connectivity index (χ0v) is 18.0. The van der Waals surface area contributed by atoms with Crippen molar-refractivity contribution in [1.82, 2.24) is 15.1 Å². The van der Waals surface area contributed by atoms with Gasteiger partial charge in [0.15, 0.2) is 18.2 Å². The minimum absolute atomic E-state index is 0.0263. The number of ether oxygens (including phenoxy) is 1. The Bertz CT molecular complexity index is 849. The van der Waals surface area contributed by atoms with Gasteiger partial charge in [0.1, 0.15) is 5.75 Å². The third-order valence-electron chi connectivity index (χ3n) is 6.13. The smallest absolute Gasteiger partial charge is 0.260 e. The Labute approximate surface area is 178 Å². The first-order chi connectivity index (χ1) is 14.6. The van der Waals surface area contributed by atoms with Crippen molar-refractivity contribution in [2.24, 2.45) is 0 Å². The predicted molar refractivity (Wildman–Crippen MR) is 118 cm³/mol.